The molecule has 5 heteroatoms. The molecule has 4 aromatic rings. The van der Waals surface area contributed by atoms with Crippen molar-refractivity contribution in [1.82, 2.24) is 4.98 Å². The molecule has 4 rings (SSSR count). The van der Waals surface area contributed by atoms with E-state index in [-0.39, 0.29) is 4.90 Å². The summed E-state index contributed by atoms with van der Waals surface area (Å²) in [4.78, 5) is 5.08. The third-order valence-electron chi connectivity index (χ3n) is 5.05. The van der Waals surface area contributed by atoms with Gasteiger partial charge in [0.25, 0.3) is 0 Å². The highest BCUT2D eigenvalue weighted by atomic mass is 32.2. The van der Waals surface area contributed by atoms with Crippen LogP contribution in [0.15, 0.2) is 88.2 Å². The molecule has 152 valence electrons. The van der Waals surface area contributed by atoms with Crippen LogP contribution in [0.2, 0.25) is 0 Å². The van der Waals surface area contributed by atoms with E-state index in [1.807, 2.05) is 30.3 Å². The molecule has 0 amide bonds. The SMILES string of the molecule is CCc1ccc(-c2nc(Cc3ccccc3)oc2-c2ccc(S(C)(=O)=O)cc2)cc1. The lowest BCUT2D eigenvalue weighted by Crippen LogP contribution is -1.96. The molecular formula is C25H23NO3S. The molecule has 0 fully saturated rings. The Kier molecular flexibility index (Phi) is 5.55. The van der Waals surface area contributed by atoms with Gasteiger partial charge in [-0.2, -0.15) is 0 Å². The van der Waals surface area contributed by atoms with Crippen LogP contribution in [-0.2, 0) is 22.7 Å². The van der Waals surface area contributed by atoms with E-state index in [4.69, 9.17) is 9.40 Å². The third kappa shape index (κ3) is 4.36. The molecule has 0 bridgehead atoms. The smallest absolute Gasteiger partial charge is 0.199 e. The topological polar surface area (TPSA) is 60.2 Å². The van der Waals surface area contributed by atoms with Gasteiger partial charge in [0.05, 0.1) is 4.90 Å². The third-order valence-corrected chi connectivity index (χ3v) is 6.18. The second-order valence-corrected chi connectivity index (χ2v) is 9.31. The molecule has 0 spiro atoms. The van der Waals surface area contributed by atoms with Crippen LogP contribution >= 0.6 is 0 Å². The highest BCUT2D eigenvalue weighted by Crippen LogP contribution is 2.34. The van der Waals surface area contributed by atoms with Gasteiger partial charge in [0, 0.05) is 23.8 Å². The standard InChI is InChI=1S/C25H23NO3S/c1-3-18-9-11-20(12-10-18)24-25(21-13-15-22(16-14-21)30(2,27)28)29-23(26-24)17-19-7-5-4-6-8-19/h4-16H,3,17H2,1-2H3. The molecule has 3 aromatic carbocycles. The van der Waals surface area contributed by atoms with Gasteiger partial charge < -0.3 is 4.42 Å². The van der Waals surface area contributed by atoms with Crippen LogP contribution in [0, 0.1) is 0 Å². The van der Waals surface area contributed by atoms with Crippen LogP contribution in [0.5, 0.6) is 0 Å². The molecule has 4 nitrogen and oxygen atoms in total. The highest BCUT2D eigenvalue weighted by Gasteiger charge is 2.18. The molecule has 0 radical (unpaired) electrons. The van der Waals surface area contributed by atoms with E-state index in [1.165, 1.54) is 11.8 Å². The number of aryl methyl sites for hydroxylation is 1. The number of aromatic nitrogens is 1. The van der Waals surface area contributed by atoms with Crippen LogP contribution in [0.1, 0.15) is 23.9 Å². The zero-order chi connectivity index (χ0) is 21.1. The minimum Gasteiger partial charge on any atom is -0.440 e. The molecule has 1 heterocycles. The van der Waals surface area contributed by atoms with Gasteiger partial charge in [-0.15, -0.1) is 0 Å². The van der Waals surface area contributed by atoms with Crippen molar-refractivity contribution in [3.05, 3.63) is 95.9 Å². The normalized spacial score (nSPS) is 11.5. The van der Waals surface area contributed by atoms with E-state index < -0.39 is 9.84 Å². The average molecular weight is 418 g/mol. The Balaban J connectivity index is 1.78. The maximum atomic E-state index is 11.8. The Labute approximate surface area is 177 Å². The first kappa shape index (κ1) is 20.1. The second-order valence-electron chi connectivity index (χ2n) is 7.29. The summed E-state index contributed by atoms with van der Waals surface area (Å²) in [6.07, 6.45) is 2.76. The van der Waals surface area contributed by atoms with Crippen LogP contribution in [0.4, 0.5) is 0 Å². The minimum absolute atomic E-state index is 0.282. The number of benzene rings is 3. The molecule has 0 aliphatic heterocycles. The number of hydrogen-bond donors (Lipinski definition) is 0. The summed E-state index contributed by atoms with van der Waals surface area (Å²) in [6, 6.07) is 25.1. The predicted molar refractivity (Wildman–Crippen MR) is 119 cm³/mol. The largest absolute Gasteiger partial charge is 0.440 e. The molecule has 0 unspecified atom stereocenters. The molecule has 0 saturated carbocycles. The predicted octanol–water partition coefficient (Wildman–Crippen LogP) is 5.57. The Morgan fingerprint density at radius 1 is 0.800 bits per heavy atom. The van der Waals surface area contributed by atoms with Gasteiger partial charge in [0.1, 0.15) is 5.69 Å². The van der Waals surface area contributed by atoms with Crippen LogP contribution in [0.3, 0.4) is 0 Å². The van der Waals surface area contributed by atoms with Crippen molar-refractivity contribution in [3.63, 3.8) is 0 Å². The van der Waals surface area contributed by atoms with Crippen molar-refractivity contribution in [2.75, 3.05) is 6.26 Å². The Morgan fingerprint density at radius 2 is 1.43 bits per heavy atom. The van der Waals surface area contributed by atoms with Crippen LogP contribution in [0.25, 0.3) is 22.6 Å². The summed E-state index contributed by atoms with van der Waals surface area (Å²) in [5.41, 5.74) is 4.90. The van der Waals surface area contributed by atoms with Crippen molar-refractivity contribution in [2.24, 2.45) is 0 Å². The zero-order valence-corrected chi connectivity index (χ0v) is 17.8. The van der Waals surface area contributed by atoms with Gasteiger partial charge in [-0.3, -0.25) is 0 Å². The summed E-state index contributed by atoms with van der Waals surface area (Å²) in [7, 11) is -3.25. The van der Waals surface area contributed by atoms with E-state index in [9.17, 15) is 8.42 Å². The first-order valence-electron chi connectivity index (χ1n) is 9.87. The van der Waals surface area contributed by atoms with Gasteiger partial charge in [0.2, 0.25) is 0 Å². The van der Waals surface area contributed by atoms with Gasteiger partial charge in [0.15, 0.2) is 21.5 Å². The Morgan fingerprint density at radius 3 is 2.03 bits per heavy atom. The fourth-order valence-electron chi connectivity index (χ4n) is 3.35. The minimum atomic E-state index is -3.25. The van der Waals surface area contributed by atoms with E-state index in [0.717, 1.165) is 28.8 Å². The number of sulfone groups is 1. The molecule has 0 atom stereocenters. The summed E-state index contributed by atoms with van der Waals surface area (Å²) in [5, 5.41) is 0. The summed E-state index contributed by atoms with van der Waals surface area (Å²) in [5.74, 6) is 1.27. The average Bonchev–Trinajstić information content (AvgIpc) is 3.18. The van der Waals surface area contributed by atoms with Crippen LogP contribution < -0.4 is 0 Å². The van der Waals surface area contributed by atoms with E-state index in [1.54, 1.807) is 24.3 Å². The Hall–Kier alpha value is -3.18. The van der Waals surface area contributed by atoms with E-state index >= 15 is 0 Å². The quantitative estimate of drug-likeness (QED) is 0.412. The number of oxazole rings is 1. The first-order valence-corrected chi connectivity index (χ1v) is 11.8. The summed E-state index contributed by atoms with van der Waals surface area (Å²) < 4.78 is 29.8. The number of hydrogen-bond acceptors (Lipinski definition) is 4. The van der Waals surface area contributed by atoms with Crippen molar-refractivity contribution in [2.45, 2.75) is 24.7 Å². The van der Waals surface area contributed by atoms with E-state index in [0.29, 0.717) is 18.1 Å². The highest BCUT2D eigenvalue weighted by molar-refractivity contribution is 7.90. The van der Waals surface area contributed by atoms with Crippen molar-refractivity contribution < 1.29 is 12.8 Å². The molecule has 0 saturated heterocycles. The zero-order valence-electron chi connectivity index (χ0n) is 17.0. The van der Waals surface area contributed by atoms with Crippen molar-refractivity contribution >= 4 is 9.84 Å². The lowest BCUT2D eigenvalue weighted by molar-refractivity contribution is 0.519. The number of nitrogens with zero attached hydrogens (tertiary/aromatic N) is 1. The molecule has 1 aromatic heterocycles. The molecule has 0 aliphatic rings. The maximum Gasteiger partial charge on any atom is 0.199 e. The van der Waals surface area contributed by atoms with E-state index in [2.05, 4.69) is 31.2 Å². The Bertz CT molecular complexity index is 1240. The van der Waals surface area contributed by atoms with Gasteiger partial charge >= 0.3 is 0 Å². The van der Waals surface area contributed by atoms with Crippen LogP contribution in [-0.4, -0.2) is 19.7 Å². The lowest BCUT2D eigenvalue weighted by Gasteiger charge is -2.04. The molecular weight excluding hydrogens is 394 g/mol. The fourth-order valence-corrected chi connectivity index (χ4v) is 3.98. The maximum absolute atomic E-state index is 11.8. The summed E-state index contributed by atoms with van der Waals surface area (Å²) in [6.45, 7) is 2.12. The van der Waals surface area contributed by atoms with Gasteiger partial charge in [-0.05, 0) is 41.8 Å². The first-order chi connectivity index (χ1) is 14.4. The molecule has 30 heavy (non-hydrogen) atoms. The second kappa shape index (κ2) is 8.28. The summed E-state index contributed by atoms with van der Waals surface area (Å²) >= 11 is 0. The van der Waals surface area contributed by atoms with Gasteiger partial charge in [-0.1, -0.05) is 61.5 Å². The molecule has 0 aliphatic carbocycles. The fraction of sp³-hybridized carbons (Fsp3) is 0.160. The van der Waals surface area contributed by atoms with Crippen molar-refractivity contribution in [3.8, 4) is 22.6 Å². The lowest BCUT2D eigenvalue weighted by atomic mass is 10.0. The van der Waals surface area contributed by atoms with Gasteiger partial charge in [-0.25, -0.2) is 13.4 Å². The number of rotatable bonds is 6. The van der Waals surface area contributed by atoms with Crippen molar-refractivity contribution in [1.29, 1.82) is 0 Å². The monoisotopic (exact) mass is 417 g/mol. The molecule has 0 N–H and O–H groups in total.